The molecule has 3 heteroatoms. The second kappa shape index (κ2) is 4.28. The maximum Gasteiger partial charge on any atom is 0.0782 e. The molecule has 0 aliphatic heterocycles. The normalized spacial score (nSPS) is 13.2. The number of aryl methyl sites for hydroxylation is 1. The number of hydrogen-bond donors (Lipinski definition) is 2. The predicted molar refractivity (Wildman–Crippen MR) is 66.4 cm³/mol. The molecule has 0 bridgehead atoms. The molecule has 0 fully saturated rings. The van der Waals surface area contributed by atoms with Gasteiger partial charge in [0.25, 0.3) is 0 Å². The fourth-order valence-corrected chi connectivity index (χ4v) is 2.10. The molecule has 1 unspecified atom stereocenters. The van der Waals surface area contributed by atoms with Crippen molar-refractivity contribution < 1.29 is 5.11 Å². The van der Waals surface area contributed by atoms with E-state index in [0.29, 0.717) is 6.54 Å². The van der Waals surface area contributed by atoms with Gasteiger partial charge in [-0.1, -0.05) is 11.6 Å². The van der Waals surface area contributed by atoms with Gasteiger partial charge < -0.3 is 15.4 Å². The number of nitrogens with zero attached hydrogens (tertiary/aromatic N) is 1. The van der Waals surface area contributed by atoms with Gasteiger partial charge in [0.1, 0.15) is 0 Å². The van der Waals surface area contributed by atoms with Gasteiger partial charge in [-0.25, -0.2) is 0 Å². The first kappa shape index (κ1) is 11.2. The maximum absolute atomic E-state index is 9.75. The van der Waals surface area contributed by atoms with Gasteiger partial charge in [-0.3, -0.25) is 0 Å². The molecule has 0 aliphatic carbocycles. The lowest BCUT2D eigenvalue weighted by Gasteiger charge is -2.02. The molecule has 2 rings (SSSR count). The average molecular weight is 218 g/mol. The van der Waals surface area contributed by atoms with Crippen molar-refractivity contribution in [2.45, 2.75) is 26.5 Å². The van der Waals surface area contributed by atoms with Crippen LogP contribution in [-0.2, 0) is 6.54 Å². The second-order valence-corrected chi connectivity index (χ2v) is 4.26. The molecule has 0 saturated heterocycles. The number of aliphatic hydroxyl groups is 1. The maximum atomic E-state index is 9.75. The van der Waals surface area contributed by atoms with E-state index in [1.807, 2.05) is 6.20 Å². The zero-order valence-electron chi connectivity index (χ0n) is 9.77. The molecule has 0 radical (unpaired) electrons. The van der Waals surface area contributed by atoms with E-state index in [2.05, 4.69) is 29.7 Å². The molecule has 3 N–H and O–H groups in total. The van der Waals surface area contributed by atoms with Crippen LogP contribution in [0, 0.1) is 6.92 Å². The Labute approximate surface area is 95.5 Å². The third kappa shape index (κ3) is 1.84. The van der Waals surface area contributed by atoms with Gasteiger partial charge in [0.2, 0.25) is 0 Å². The lowest BCUT2D eigenvalue weighted by molar-refractivity contribution is 0.200. The van der Waals surface area contributed by atoms with Crippen LogP contribution in [-0.4, -0.2) is 16.2 Å². The Balaban J connectivity index is 2.66. The van der Waals surface area contributed by atoms with Crippen molar-refractivity contribution in [1.29, 1.82) is 0 Å². The Morgan fingerprint density at radius 3 is 2.81 bits per heavy atom. The van der Waals surface area contributed by atoms with Crippen molar-refractivity contribution in [3.05, 3.63) is 35.5 Å². The third-order valence-electron chi connectivity index (χ3n) is 2.89. The quantitative estimate of drug-likeness (QED) is 0.827. The summed E-state index contributed by atoms with van der Waals surface area (Å²) in [7, 11) is 0. The molecule has 16 heavy (non-hydrogen) atoms. The van der Waals surface area contributed by atoms with Crippen LogP contribution in [0.25, 0.3) is 10.9 Å². The van der Waals surface area contributed by atoms with Gasteiger partial charge in [-0.05, 0) is 26.0 Å². The predicted octanol–water partition coefficient (Wildman–Crippen LogP) is 1.96. The van der Waals surface area contributed by atoms with Gasteiger partial charge in [0.05, 0.1) is 6.10 Å². The van der Waals surface area contributed by atoms with Crippen molar-refractivity contribution in [2.75, 3.05) is 6.54 Å². The van der Waals surface area contributed by atoms with Gasteiger partial charge in [-0.2, -0.15) is 0 Å². The van der Waals surface area contributed by atoms with E-state index in [4.69, 9.17) is 5.73 Å². The molecule has 0 amide bonds. The molecule has 1 heterocycles. The Bertz CT molecular complexity index is 500. The topological polar surface area (TPSA) is 51.2 Å². The number of rotatable bonds is 3. The van der Waals surface area contributed by atoms with Crippen LogP contribution in [0.4, 0.5) is 0 Å². The molecule has 3 nitrogen and oxygen atoms in total. The van der Waals surface area contributed by atoms with Crippen molar-refractivity contribution in [1.82, 2.24) is 4.57 Å². The van der Waals surface area contributed by atoms with Crippen LogP contribution in [0.15, 0.2) is 24.4 Å². The van der Waals surface area contributed by atoms with E-state index in [9.17, 15) is 5.11 Å². The fourth-order valence-electron chi connectivity index (χ4n) is 2.10. The molecule has 1 aromatic carbocycles. The highest BCUT2D eigenvalue weighted by atomic mass is 16.3. The van der Waals surface area contributed by atoms with Gasteiger partial charge in [0, 0.05) is 35.8 Å². The summed E-state index contributed by atoms with van der Waals surface area (Å²) >= 11 is 0. The Kier molecular flexibility index (Phi) is 2.99. The van der Waals surface area contributed by atoms with Crippen molar-refractivity contribution >= 4 is 10.9 Å². The van der Waals surface area contributed by atoms with Crippen LogP contribution >= 0.6 is 0 Å². The summed E-state index contributed by atoms with van der Waals surface area (Å²) in [6.45, 7) is 5.25. The lowest BCUT2D eigenvalue weighted by Crippen LogP contribution is -2.08. The SMILES string of the molecule is Cc1ccc2c(c1)c(C(C)O)cn2CCN. The number of aliphatic hydroxyl groups excluding tert-OH is 1. The monoisotopic (exact) mass is 218 g/mol. The third-order valence-corrected chi connectivity index (χ3v) is 2.89. The van der Waals surface area contributed by atoms with Crippen molar-refractivity contribution in [3.63, 3.8) is 0 Å². The molecular weight excluding hydrogens is 200 g/mol. The van der Waals surface area contributed by atoms with Crippen molar-refractivity contribution in [2.24, 2.45) is 5.73 Å². The zero-order valence-corrected chi connectivity index (χ0v) is 9.77. The van der Waals surface area contributed by atoms with Crippen LogP contribution in [0.5, 0.6) is 0 Å². The van der Waals surface area contributed by atoms with Gasteiger partial charge >= 0.3 is 0 Å². The highest BCUT2D eigenvalue weighted by molar-refractivity contribution is 5.85. The number of nitrogens with two attached hydrogens (primary N) is 1. The van der Waals surface area contributed by atoms with E-state index >= 15 is 0 Å². The highest BCUT2D eigenvalue weighted by Gasteiger charge is 2.11. The molecule has 1 aromatic heterocycles. The van der Waals surface area contributed by atoms with Gasteiger partial charge in [-0.15, -0.1) is 0 Å². The Morgan fingerprint density at radius 1 is 1.44 bits per heavy atom. The first-order valence-corrected chi connectivity index (χ1v) is 5.61. The van der Waals surface area contributed by atoms with E-state index in [1.165, 1.54) is 5.56 Å². The van der Waals surface area contributed by atoms with E-state index in [0.717, 1.165) is 23.0 Å². The highest BCUT2D eigenvalue weighted by Crippen LogP contribution is 2.27. The number of benzene rings is 1. The smallest absolute Gasteiger partial charge is 0.0782 e. The summed E-state index contributed by atoms with van der Waals surface area (Å²) in [6, 6.07) is 6.29. The van der Waals surface area contributed by atoms with Crippen LogP contribution in [0.2, 0.25) is 0 Å². The average Bonchev–Trinajstić information content (AvgIpc) is 2.57. The number of hydrogen-bond acceptors (Lipinski definition) is 2. The molecular formula is C13H18N2O. The molecule has 0 aliphatic rings. The van der Waals surface area contributed by atoms with E-state index in [1.54, 1.807) is 6.92 Å². The number of fused-ring (bicyclic) bond motifs is 1. The van der Waals surface area contributed by atoms with Gasteiger partial charge in [0.15, 0.2) is 0 Å². The molecule has 86 valence electrons. The number of aromatic nitrogens is 1. The second-order valence-electron chi connectivity index (χ2n) is 4.26. The minimum atomic E-state index is -0.441. The Morgan fingerprint density at radius 2 is 2.19 bits per heavy atom. The summed E-state index contributed by atoms with van der Waals surface area (Å²) in [6.07, 6.45) is 1.56. The largest absolute Gasteiger partial charge is 0.389 e. The molecule has 0 spiro atoms. The fraction of sp³-hybridized carbons (Fsp3) is 0.385. The van der Waals surface area contributed by atoms with E-state index in [-0.39, 0.29) is 0 Å². The molecule has 0 saturated carbocycles. The van der Waals surface area contributed by atoms with Crippen LogP contribution < -0.4 is 5.73 Å². The summed E-state index contributed by atoms with van der Waals surface area (Å²) in [5, 5.41) is 10.9. The minimum absolute atomic E-state index is 0.441. The molecule has 2 aromatic rings. The Hall–Kier alpha value is -1.32. The summed E-state index contributed by atoms with van der Waals surface area (Å²) in [5.41, 5.74) is 8.92. The first-order valence-electron chi connectivity index (χ1n) is 5.61. The summed E-state index contributed by atoms with van der Waals surface area (Å²) in [4.78, 5) is 0. The van der Waals surface area contributed by atoms with Crippen molar-refractivity contribution in [3.8, 4) is 0 Å². The van der Waals surface area contributed by atoms with E-state index < -0.39 is 6.10 Å². The van der Waals surface area contributed by atoms with Crippen LogP contribution in [0.3, 0.4) is 0 Å². The minimum Gasteiger partial charge on any atom is -0.389 e. The zero-order chi connectivity index (χ0) is 11.7. The summed E-state index contributed by atoms with van der Waals surface area (Å²) < 4.78 is 2.11. The molecule has 1 atom stereocenters. The van der Waals surface area contributed by atoms with Crippen LogP contribution in [0.1, 0.15) is 24.2 Å². The first-order chi connectivity index (χ1) is 7.63. The lowest BCUT2D eigenvalue weighted by atomic mass is 10.1. The summed E-state index contributed by atoms with van der Waals surface area (Å²) in [5.74, 6) is 0. The standard InChI is InChI=1S/C13H18N2O/c1-9-3-4-13-11(7-9)12(10(2)16)8-15(13)6-5-14/h3-4,7-8,10,16H,5-6,14H2,1-2H3.